The molecule has 0 unspecified atom stereocenters. The van der Waals surface area contributed by atoms with Gasteiger partial charge in [0.15, 0.2) is 5.96 Å². The van der Waals surface area contributed by atoms with E-state index >= 15 is 0 Å². The van der Waals surface area contributed by atoms with Crippen molar-refractivity contribution in [2.75, 3.05) is 7.05 Å². The third-order valence-electron chi connectivity index (χ3n) is 3.27. The molecule has 0 saturated heterocycles. The third kappa shape index (κ3) is 3.98. The van der Waals surface area contributed by atoms with Gasteiger partial charge in [0.1, 0.15) is 0 Å². The molecular weight excluding hydrogens is 244 g/mol. The minimum Gasteiger partial charge on any atom is -0.354 e. The van der Waals surface area contributed by atoms with Crippen LogP contribution in [-0.4, -0.2) is 24.0 Å². The summed E-state index contributed by atoms with van der Waals surface area (Å²) >= 11 is 1.73. The highest BCUT2D eigenvalue weighted by molar-refractivity contribution is 7.11. The third-order valence-corrected chi connectivity index (χ3v) is 4.18. The molecule has 1 saturated carbocycles. The number of hydrogen-bond acceptors (Lipinski definition) is 3. The van der Waals surface area contributed by atoms with Crippen molar-refractivity contribution in [2.45, 2.75) is 51.6 Å². The number of rotatable bonds is 3. The van der Waals surface area contributed by atoms with Crippen molar-refractivity contribution in [3.05, 3.63) is 16.1 Å². The van der Waals surface area contributed by atoms with Gasteiger partial charge in [-0.1, -0.05) is 19.3 Å². The second kappa shape index (κ2) is 6.73. The molecule has 5 heteroatoms. The molecule has 4 nitrogen and oxygen atoms in total. The van der Waals surface area contributed by atoms with Gasteiger partial charge in [-0.2, -0.15) is 0 Å². The number of aliphatic imine (C=N–C) groups is 1. The smallest absolute Gasteiger partial charge is 0.191 e. The van der Waals surface area contributed by atoms with Gasteiger partial charge >= 0.3 is 0 Å². The zero-order valence-corrected chi connectivity index (χ0v) is 12.0. The van der Waals surface area contributed by atoms with Gasteiger partial charge in [-0.25, -0.2) is 4.98 Å². The molecule has 1 heterocycles. The van der Waals surface area contributed by atoms with Gasteiger partial charge in [0.05, 0.1) is 11.6 Å². The topological polar surface area (TPSA) is 49.3 Å². The van der Waals surface area contributed by atoms with E-state index in [1.807, 2.05) is 20.2 Å². The maximum absolute atomic E-state index is 4.28. The summed E-state index contributed by atoms with van der Waals surface area (Å²) in [6.07, 6.45) is 8.51. The molecular formula is C13H22N4S. The van der Waals surface area contributed by atoms with Crippen LogP contribution in [0.15, 0.2) is 11.2 Å². The maximum atomic E-state index is 4.28. The van der Waals surface area contributed by atoms with Gasteiger partial charge < -0.3 is 10.6 Å². The Morgan fingerprint density at radius 1 is 1.44 bits per heavy atom. The summed E-state index contributed by atoms with van der Waals surface area (Å²) in [5.41, 5.74) is 0. The summed E-state index contributed by atoms with van der Waals surface area (Å²) in [5.74, 6) is 0.910. The SMILES string of the molecule is CN=C(NCc1cnc(C)s1)NC1CCCCC1. The fourth-order valence-electron chi connectivity index (χ4n) is 2.29. The van der Waals surface area contributed by atoms with E-state index in [0.717, 1.165) is 17.5 Å². The summed E-state index contributed by atoms with van der Waals surface area (Å²) in [6.45, 7) is 2.83. The van der Waals surface area contributed by atoms with Crippen molar-refractivity contribution >= 4 is 17.3 Å². The van der Waals surface area contributed by atoms with Gasteiger partial charge in [0, 0.05) is 24.2 Å². The molecule has 18 heavy (non-hydrogen) atoms. The van der Waals surface area contributed by atoms with Crippen LogP contribution in [0.3, 0.4) is 0 Å². The molecule has 2 rings (SSSR count). The average Bonchev–Trinajstić information content (AvgIpc) is 2.81. The van der Waals surface area contributed by atoms with E-state index in [9.17, 15) is 0 Å². The molecule has 0 atom stereocenters. The van der Waals surface area contributed by atoms with Crippen LogP contribution in [0.4, 0.5) is 0 Å². The van der Waals surface area contributed by atoms with Crippen LogP contribution in [0.25, 0.3) is 0 Å². The molecule has 0 bridgehead atoms. The molecule has 0 aliphatic heterocycles. The summed E-state index contributed by atoms with van der Waals surface area (Å²) in [6, 6.07) is 0.591. The minimum absolute atomic E-state index is 0.591. The number of hydrogen-bond donors (Lipinski definition) is 2. The van der Waals surface area contributed by atoms with Crippen molar-refractivity contribution in [2.24, 2.45) is 4.99 Å². The summed E-state index contributed by atoms with van der Waals surface area (Å²) < 4.78 is 0. The Morgan fingerprint density at radius 2 is 2.22 bits per heavy atom. The molecule has 1 aliphatic rings. The summed E-state index contributed by atoms with van der Waals surface area (Å²) in [7, 11) is 1.83. The van der Waals surface area contributed by atoms with E-state index in [-0.39, 0.29) is 0 Å². The van der Waals surface area contributed by atoms with Gasteiger partial charge in [0.25, 0.3) is 0 Å². The van der Waals surface area contributed by atoms with E-state index in [1.54, 1.807) is 11.3 Å². The quantitative estimate of drug-likeness (QED) is 0.652. The first-order valence-electron chi connectivity index (χ1n) is 6.66. The van der Waals surface area contributed by atoms with Gasteiger partial charge in [-0.3, -0.25) is 4.99 Å². The Hall–Kier alpha value is -1.10. The number of nitrogens with one attached hydrogen (secondary N) is 2. The first-order chi connectivity index (χ1) is 8.78. The van der Waals surface area contributed by atoms with Crippen molar-refractivity contribution in [3.63, 3.8) is 0 Å². The average molecular weight is 266 g/mol. The predicted molar refractivity (Wildman–Crippen MR) is 77.1 cm³/mol. The summed E-state index contributed by atoms with van der Waals surface area (Å²) in [5, 5.41) is 7.97. The largest absolute Gasteiger partial charge is 0.354 e. The molecule has 0 amide bonds. The Labute approximate surface area is 113 Å². The van der Waals surface area contributed by atoms with Gasteiger partial charge in [-0.15, -0.1) is 11.3 Å². The molecule has 0 radical (unpaired) electrons. The summed E-state index contributed by atoms with van der Waals surface area (Å²) in [4.78, 5) is 9.79. The Balaban J connectivity index is 1.78. The van der Waals surface area contributed by atoms with Crippen LogP contribution in [0.1, 0.15) is 42.0 Å². The fourth-order valence-corrected chi connectivity index (χ4v) is 3.03. The molecule has 1 aromatic heterocycles. The standard InChI is InChI=1S/C13H22N4S/c1-10-15-8-12(18-10)9-16-13(14-2)17-11-6-4-3-5-7-11/h8,11H,3-7,9H2,1-2H3,(H2,14,16,17). The zero-order chi connectivity index (χ0) is 12.8. The lowest BCUT2D eigenvalue weighted by atomic mass is 9.96. The second-order valence-electron chi connectivity index (χ2n) is 4.75. The van der Waals surface area contributed by atoms with E-state index in [0.29, 0.717) is 6.04 Å². The highest BCUT2D eigenvalue weighted by Gasteiger charge is 2.14. The predicted octanol–water partition coefficient (Wildman–Crippen LogP) is 2.45. The molecule has 2 N–H and O–H groups in total. The van der Waals surface area contributed by atoms with Crippen LogP contribution in [0, 0.1) is 6.92 Å². The van der Waals surface area contributed by atoms with Crippen molar-refractivity contribution in [1.82, 2.24) is 15.6 Å². The molecule has 0 aromatic carbocycles. The highest BCUT2D eigenvalue weighted by Crippen LogP contribution is 2.17. The van der Waals surface area contributed by atoms with E-state index in [4.69, 9.17) is 0 Å². The normalized spacial score (nSPS) is 17.8. The van der Waals surface area contributed by atoms with Crippen LogP contribution >= 0.6 is 11.3 Å². The van der Waals surface area contributed by atoms with Crippen molar-refractivity contribution < 1.29 is 0 Å². The second-order valence-corrected chi connectivity index (χ2v) is 6.07. The molecule has 1 aromatic rings. The highest BCUT2D eigenvalue weighted by atomic mass is 32.1. The Kier molecular flexibility index (Phi) is 4.99. The van der Waals surface area contributed by atoms with E-state index < -0.39 is 0 Å². The lowest BCUT2D eigenvalue weighted by Crippen LogP contribution is -2.43. The monoisotopic (exact) mass is 266 g/mol. The lowest BCUT2D eigenvalue weighted by molar-refractivity contribution is 0.410. The van der Waals surface area contributed by atoms with Gasteiger partial charge in [0.2, 0.25) is 0 Å². The Bertz CT molecular complexity index is 393. The first kappa shape index (κ1) is 13.3. The van der Waals surface area contributed by atoms with Crippen LogP contribution < -0.4 is 10.6 Å². The number of aryl methyl sites for hydroxylation is 1. The van der Waals surface area contributed by atoms with Crippen molar-refractivity contribution in [1.29, 1.82) is 0 Å². The van der Waals surface area contributed by atoms with Crippen LogP contribution in [0.5, 0.6) is 0 Å². The van der Waals surface area contributed by atoms with E-state index in [2.05, 4.69) is 20.6 Å². The number of thiazole rings is 1. The van der Waals surface area contributed by atoms with Crippen LogP contribution in [-0.2, 0) is 6.54 Å². The molecule has 0 spiro atoms. The Morgan fingerprint density at radius 3 is 2.83 bits per heavy atom. The number of aromatic nitrogens is 1. The lowest BCUT2D eigenvalue weighted by Gasteiger charge is -2.24. The molecule has 1 aliphatic carbocycles. The van der Waals surface area contributed by atoms with Crippen LogP contribution in [0.2, 0.25) is 0 Å². The molecule has 100 valence electrons. The number of nitrogens with zero attached hydrogens (tertiary/aromatic N) is 2. The molecule has 1 fully saturated rings. The number of guanidine groups is 1. The van der Waals surface area contributed by atoms with Crippen molar-refractivity contribution in [3.8, 4) is 0 Å². The zero-order valence-electron chi connectivity index (χ0n) is 11.2. The fraction of sp³-hybridized carbons (Fsp3) is 0.692. The minimum atomic E-state index is 0.591. The first-order valence-corrected chi connectivity index (χ1v) is 7.48. The maximum Gasteiger partial charge on any atom is 0.191 e. The van der Waals surface area contributed by atoms with E-state index in [1.165, 1.54) is 37.0 Å². The van der Waals surface area contributed by atoms with Gasteiger partial charge in [-0.05, 0) is 19.8 Å².